The molecule has 24 heavy (non-hydrogen) atoms. The van der Waals surface area contributed by atoms with Crippen molar-refractivity contribution in [2.45, 2.75) is 13.0 Å². The normalized spacial score (nSPS) is 16.8. The minimum absolute atomic E-state index is 0.139. The third kappa shape index (κ3) is 2.22. The maximum absolute atomic E-state index is 13.2. The van der Waals surface area contributed by atoms with Gasteiger partial charge < -0.3 is 14.2 Å². The van der Waals surface area contributed by atoms with Crippen molar-refractivity contribution in [2.75, 3.05) is 11.4 Å². The van der Waals surface area contributed by atoms with Gasteiger partial charge >= 0.3 is 0 Å². The average molecular weight is 343 g/mol. The van der Waals surface area contributed by atoms with Crippen molar-refractivity contribution in [3.8, 4) is 5.75 Å². The van der Waals surface area contributed by atoms with Crippen molar-refractivity contribution in [1.82, 2.24) is 14.5 Å². The molecule has 3 heterocycles. The molecule has 0 spiro atoms. The number of imidazole rings is 1. The standard InChI is InChI=1S/C17H15ClN4O2/c1-10-8-22(13-5-3-4-12(18)15(13)24-10)17(23)11-6-7-19-16-14(11)20-9-21(16)2/h3-7,9-10H,8H2,1-2H3/t10-/m1/s1. The Labute approximate surface area is 143 Å². The number of carbonyl (C=O) groups excluding carboxylic acids is 1. The van der Waals surface area contributed by atoms with E-state index in [0.29, 0.717) is 39.7 Å². The van der Waals surface area contributed by atoms with Crippen LogP contribution >= 0.6 is 11.6 Å². The Morgan fingerprint density at radius 3 is 3.00 bits per heavy atom. The van der Waals surface area contributed by atoms with Gasteiger partial charge in [0.15, 0.2) is 11.4 Å². The van der Waals surface area contributed by atoms with Crippen LogP contribution in [0.15, 0.2) is 36.8 Å². The van der Waals surface area contributed by atoms with Gasteiger partial charge in [-0.25, -0.2) is 9.97 Å². The number of amides is 1. The molecule has 2 aromatic heterocycles. The summed E-state index contributed by atoms with van der Waals surface area (Å²) in [5.41, 5.74) is 2.45. The number of fused-ring (bicyclic) bond motifs is 2. The molecule has 0 unspecified atom stereocenters. The van der Waals surface area contributed by atoms with E-state index in [1.54, 1.807) is 34.1 Å². The lowest BCUT2D eigenvalue weighted by atomic mass is 10.1. The van der Waals surface area contributed by atoms with E-state index in [4.69, 9.17) is 16.3 Å². The Morgan fingerprint density at radius 2 is 2.17 bits per heavy atom. The number of hydrogen-bond acceptors (Lipinski definition) is 4. The predicted molar refractivity (Wildman–Crippen MR) is 91.7 cm³/mol. The predicted octanol–water partition coefficient (Wildman–Crippen LogP) is 3.05. The van der Waals surface area contributed by atoms with Crippen LogP contribution in [0.5, 0.6) is 5.75 Å². The van der Waals surface area contributed by atoms with Gasteiger partial charge in [0, 0.05) is 13.2 Å². The number of hydrogen-bond donors (Lipinski definition) is 0. The van der Waals surface area contributed by atoms with Gasteiger partial charge in [0.05, 0.1) is 29.1 Å². The number of para-hydroxylation sites is 1. The lowest BCUT2D eigenvalue weighted by Crippen LogP contribution is -2.42. The number of aryl methyl sites for hydroxylation is 1. The Balaban J connectivity index is 1.84. The number of ether oxygens (including phenoxy) is 1. The first kappa shape index (κ1) is 15.0. The smallest absolute Gasteiger partial charge is 0.260 e. The molecule has 1 aliphatic rings. The fourth-order valence-electron chi connectivity index (χ4n) is 2.96. The Kier molecular flexibility index (Phi) is 3.42. The van der Waals surface area contributed by atoms with E-state index in [-0.39, 0.29) is 12.0 Å². The molecule has 1 aromatic carbocycles. The van der Waals surface area contributed by atoms with Gasteiger partial charge in [0.25, 0.3) is 5.91 Å². The van der Waals surface area contributed by atoms with Crippen molar-refractivity contribution in [3.63, 3.8) is 0 Å². The van der Waals surface area contributed by atoms with Crippen molar-refractivity contribution < 1.29 is 9.53 Å². The molecule has 0 bridgehead atoms. The minimum atomic E-state index is -0.151. The fourth-order valence-corrected chi connectivity index (χ4v) is 3.17. The van der Waals surface area contributed by atoms with Crippen LogP contribution in [0.1, 0.15) is 17.3 Å². The molecule has 3 aromatic rings. The Morgan fingerprint density at radius 1 is 1.33 bits per heavy atom. The number of halogens is 1. The zero-order valence-electron chi connectivity index (χ0n) is 13.2. The van der Waals surface area contributed by atoms with E-state index >= 15 is 0 Å². The maximum Gasteiger partial charge on any atom is 0.260 e. The van der Waals surface area contributed by atoms with Crippen molar-refractivity contribution in [3.05, 3.63) is 47.4 Å². The van der Waals surface area contributed by atoms with Crippen LogP contribution in [-0.4, -0.2) is 33.1 Å². The highest BCUT2D eigenvalue weighted by atomic mass is 35.5. The topological polar surface area (TPSA) is 60.2 Å². The molecule has 0 radical (unpaired) electrons. The highest BCUT2D eigenvalue weighted by molar-refractivity contribution is 6.32. The number of benzene rings is 1. The van der Waals surface area contributed by atoms with Crippen LogP contribution in [0.25, 0.3) is 11.2 Å². The third-order valence-corrected chi connectivity index (χ3v) is 4.37. The second-order valence-electron chi connectivity index (χ2n) is 5.82. The van der Waals surface area contributed by atoms with Gasteiger partial charge in [0.2, 0.25) is 0 Å². The highest BCUT2D eigenvalue weighted by Gasteiger charge is 2.31. The van der Waals surface area contributed by atoms with E-state index in [9.17, 15) is 4.79 Å². The summed E-state index contributed by atoms with van der Waals surface area (Å²) >= 11 is 6.23. The molecule has 0 aliphatic carbocycles. The minimum Gasteiger partial charge on any atom is -0.485 e. The summed E-state index contributed by atoms with van der Waals surface area (Å²) in [6, 6.07) is 7.10. The van der Waals surface area contributed by atoms with E-state index in [2.05, 4.69) is 9.97 Å². The van der Waals surface area contributed by atoms with Crippen LogP contribution in [0, 0.1) is 0 Å². The summed E-state index contributed by atoms with van der Waals surface area (Å²) < 4.78 is 7.60. The molecule has 6 nitrogen and oxygen atoms in total. The molecular weight excluding hydrogens is 328 g/mol. The molecule has 0 saturated heterocycles. The number of rotatable bonds is 1. The number of carbonyl (C=O) groups is 1. The van der Waals surface area contributed by atoms with E-state index in [1.807, 2.05) is 26.1 Å². The summed E-state index contributed by atoms with van der Waals surface area (Å²) in [4.78, 5) is 23.5. The summed E-state index contributed by atoms with van der Waals surface area (Å²) in [5.74, 6) is 0.400. The average Bonchev–Trinajstić information content (AvgIpc) is 2.96. The zero-order chi connectivity index (χ0) is 16.8. The van der Waals surface area contributed by atoms with Gasteiger partial charge in [-0.2, -0.15) is 0 Å². The molecule has 0 saturated carbocycles. The molecule has 1 aliphatic heterocycles. The van der Waals surface area contributed by atoms with Crippen LogP contribution < -0.4 is 9.64 Å². The Bertz CT molecular complexity index is 953. The summed E-state index contributed by atoms with van der Waals surface area (Å²) in [6.07, 6.45) is 3.13. The summed E-state index contributed by atoms with van der Waals surface area (Å²) in [5, 5.41) is 0.495. The van der Waals surface area contributed by atoms with Gasteiger partial charge in [-0.05, 0) is 25.1 Å². The van der Waals surface area contributed by atoms with Crippen LogP contribution in [0.2, 0.25) is 5.02 Å². The molecular formula is C17H15ClN4O2. The molecule has 0 fully saturated rings. The monoisotopic (exact) mass is 342 g/mol. The van der Waals surface area contributed by atoms with Crippen molar-refractivity contribution in [1.29, 1.82) is 0 Å². The van der Waals surface area contributed by atoms with E-state index in [0.717, 1.165) is 0 Å². The second kappa shape index (κ2) is 5.49. The first-order valence-electron chi connectivity index (χ1n) is 7.59. The molecule has 122 valence electrons. The quantitative estimate of drug-likeness (QED) is 0.682. The van der Waals surface area contributed by atoms with Crippen molar-refractivity contribution >= 4 is 34.4 Å². The molecule has 4 rings (SSSR count). The van der Waals surface area contributed by atoms with E-state index in [1.165, 1.54) is 0 Å². The SMILES string of the molecule is C[C@@H]1CN(C(=O)c2ccnc3c2ncn3C)c2cccc(Cl)c2O1. The Hall–Kier alpha value is -2.60. The molecule has 1 amide bonds. The van der Waals surface area contributed by atoms with E-state index < -0.39 is 0 Å². The lowest BCUT2D eigenvalue weighted by Gasteiger charge is -2.34. The third-order valence-electron chi connectivity index (χ3n) is 4.07. The number of aromatic nitrogens is 3. The van der Waals surface area contributed by atoms with Gasteiger partial charge in [-0.3, -0.25) is 4.79 Å². The van der Waals surface area contributed by atoms with Gasteiger partial charge in [-0.15, -0.1) is 0 Å². The molecule has 0 N–H and O–H groups in total. The number of pyridine rings is 1. The molecule has 7 heteroatoms. The first-order valence-corrected chi connectivity index (χ1v) is 7.97. The highest BCUT2D eigenvalue weighted by Crippen LogP contribution is 2.40. The first-order chi connectivity index (χ1) is 11.6. The summed E-state index contributed by atoms with van der Waals surface area (Å²) in [7, 11) is 1.85. The lowest BCUT2D eigenvalue weighted by molar-refractivity contribution is 0.0962. The second-order valence-corrected chi connectivity index (χ2v) is 6.23. The van der Waals surface area contributed by atoms with Crippen LogP contribution in [-0.2, 0) is 7.05 Å². The van der Waals surface area contributed by atoms with Crippen LogP contribution in [0.4, 0.5) is 5.69 Å². The number of nitrogens with zero attached hydrogens (tertiary/aromatic N) is 4. The summed E-state index contributed by atoms with van der Waals surface area (Å²) in [6.45, 7) is 2.36. The number of anilines is 1. The maximum atomic E-state index is 13.2. The van der Waals surface area contributed by atoms with Gasteiger partial charge in [-0.1, -0.05) is 17.7 Å². The fraction of sp³-hybridized carbons (Fsp3) is 0.235. The van der Waals surface area contributed by atoms with Crippen LogP contribution in [0.3, 0.4) is 0 Å². The zero-order valence-corrected chi connectivity index (χ0v) is 14.0. The van der Waals surface area contributed by atoms with Gasteiger partial charge in [0.1, 0.15) is 11.6 Å². The van der Waals surface area contributed by atoms with Crippen molar-refractivity contribution in [2.24, 2.45) is 7.05 Å². The molecule has 1 atom stereocenters. The largest absolute Gasteiger partial charge is 0.485 e.